The van der Waals surface area contributed by atoms with Gasteiger partial charge in [-0.15, -0.1) is 12.4 Å². The van der Waals surface area contributed by atoms with Crippen LogP contribution in [0.1, 0.15) is 367 Å². The van der Waals surface area contributed by atoms with E-state index >= 15 is 0 Å². The number of allylic oxidation sites excluding steroid dienone is 9. The van der Waals surface area contributed by atoms with Crippen molar-refractivity contribution in [2.75, 3.05) is 14.2 Å². The molecule has 0 amide bonds. The van der Waals surface area contributed by atoms with Gasteiger partial charge in [-0.3, -0.25) is 4.79 Å². The predicted molar refractivity (Wildman–Crippen MR) is 580 cm³/mol. The number of pyridine rings is 3. The van der Waals surface area contributed by atoms with E-state index in [0.717, 1.165) is 42.4 Å². The highest BCUT2D eigenvalue weighted by Crippen LogP contribution is 2.82. The van der Waals surface area contributed by atoms with Crippen LogP contribution in [0.4, 0.5) is 13.2 Å². The van der Waals surface area contributed by atoms with Crippen LogP contribution in [0.3, 0.4) is 0 Å². The van der Waals surface area contributed by atoms with Crippen molar-refractivity contribution in [2.45, 2.75) is 328 Å². The number of carboxylic acid groups (broad SMARTS) is 1. The SMILES string of the molecule is C=C(C)[C@@H]1CC[C@]2(N)CC[C@]3(C)[C@H](CC[C@@H]4[C@@]5(C)CC=C(c6ccc(C(=O)OC)cc6)C(C)(C)[C@@H]5CC[C@]43C)[C@@H]12.C=C(C)[C@@H]1CC[C@]2(NCc3ccnc(F)c3)CC[C@]3(C)[C@H](CC[C@@H]4[C@@]5(C)CC=C(c6ccc(C(=O)O)cc6)C(C)(C)[C@@H]5CC[C@]43C)[C@@H]12.C=C(C)[C@@H]1CC[C@]2(NCc3ccnc(F)c3)CC[C@]3(C)[C@H](CC[C@@H]4[C@@]5(C)CC=C(c6ccc(C(=O)OC)cc6)C(C)(C)[C@@H]5CC[C@]43C)[C@@H]12.Cl.O=Cc1ccnc(F)c1. The van der Waals surface area contributed by atoms with Gasteiger partial charge in [0.1, 0.15) is 6.29 Å². The minimum absolute atomic E-state index is 0. The molecule has 12 saturated carbocycles. The van der Waals surface area contributed by atoms with Gasteiger partial charge >= 0.3 is 17.9 Å². The van der Waals surface area contributed by atoms with Crippen LogP contribution in [0, 0.1) is 172 Å². The lowest BCUT2D eigenvalue weighted by Crippen LogP contribution is -2.67. The summed E-state index contributed by atoms with van der Waals surface area (Å²) >= 11 is 0. The summed E-state index contributed by atoms with van der Waals surface area (Å²) in [5.74, 6) is 6.42. The Morgan fingerprint density at radius 2 is 0.710 bits per heavy atom. The number of hydrogen-bond acceptors (Lipinski definition) is 12. The van der Waals surface area contributed by atoms with Crippen molar-refractivity contribution in [3.63, 3.8) is 0 Å². The first-order valence-electron chi connectivity index (χ1n) is 55.3. The number of hydrogen-bond donors (Lipinski definition) is 4. The first kappa shape index (κ1) is 108. The number of nitrogens with one attached hydrogen (secondary N) is 2. The molecule has 27 atom stereocenters. The lowest BCUT2D eigenvalue weighted by molar-refractivity contribution is -0.219. The van der Waals surface area contributed by atoms with Crippen LogP contribution in [-0.4, -0.2) is 75.1 Å². The molecule has 15 aliphatic rings. The van der Waals surface area contributed by atoms with Gasteiger partial charge in [-0.25, -0.2) is 29.3 Å². The molecule has 0 aliphatic heterocycles. The monoisotopic (exact) mass is 2000 g/mol. The molecule has 0 saturated heterocycles. The molecule has 21 rings (SSSR count). The summed E-state index contributed by atoms with van der Waals surface area (Å²) in [6, 6.07) is 33.3. The first-order chi connectivity index (χ1) is 67.9. The third kappa shape index (κ3) is 17.4. The van der Waals surface area contributed by atoms with Crippen LogP contribution < -0.4 is 16.4 Å². The van der Waals surface area contributed by atoms with E-state index in [9.17, 15) is 37.5 Å². The van der Waals surface area contributed by atoms with E-state index in [-0.39, 0.29) is 89.7 Å². The Morgan fingerprint density at radius 1 is 0.393 bits per heavy atom. The number of carboxylic acids is 1. The zero-order chi connectivity index (χ0) is 103. The zero-order valence-electron chi connectivity index (χ0n) is 91.1. The van der Waals surface area contributed by atoms with Gasteiger partial charge < -0.3 is 30.9 Å². The van der Waals surface area contributed by atoms with Crippen LogP contribution >= 0.6 is 12.4 Å². The third-order valence-electron chi connectivity index (χ3n) is 46.4. The fraction of sp³-hybridized carbons (Fsp3) is 0.617. The Morgan fingerprint density at radius 3 is 1.03 bits per heavy atom. The number of nitrogens with two attached hydrogens (primary N) is 1. The van der Waals surface area contributed by atoms with Gasteiger partial charge in [0.05, 0.1) is 30.9 Å². The Hall–Kier alpha value is -8.41. The van der Waals surface area contributed by atoms with Gasteiger partial charge in [-0.1, -0.05) is 195 Å². The summed E-state index contributed by atoms with van der Waals surface area (Å²) in [7, 11) is 2.88. The highest BCUT2D eigenvalue weighted by molar-refractivity contribution is 5.91. The van der Waals surface area contributed by atoms with Crippen molar-refractivity contribution in [1.29, 1.82) is 0 Å². The summed E-state index contributed by atoms with van der Waals surface area (Å²) in [6.45, 7) is 60.7. The lowest BCUT2D eigenvalue weighted by Gasteiger charge is -2.72. The summed E-state index contributed by atoms with van der Waals surface area (Å²) in [5.41, 5.74) is 25.8. The van der Waals surface area contributed by atoms with Crippen LogP contribution in [0.2, 0.25) is 0 Å². The Kier molecular flexibility index (Phi) is 29.1. The Balaban J connectivity index is 0.000000142. The molecule has 0 spiro atoms. The van der Waals surface area contributed by atoms with Gasteiger partial charge in [0.15, 0.2) is 0 Å². The standard InChI is InChI=1S/C43H57FN2O2.C42H55FN2O2.C37H53NO2.C6H4FNO.ClH/c1-27(2)31-15-21-43(46-26-28-18-24-45-36(44)25-28)23-22-41(6)33(37(31)43)13-14-35-40(5)19-16-32(29-9-11-30(12-10-29)38(47)48-8)39(3,4)34(40)17-20-42(35,41)7;1-26(2)30-14-20-42(45-25-27-17-23-44-35(43)24-27)22-21-40(6)32(36(30)42)12-13-34-39(5)18-15-31(28-8-10-29(11-9-28)37(46)47)38(3,4)33(39)16-19-41(34,40)7;1-23(2)26-15-20-37(38)22-21-35(6)28(31(26)37)13-14-30-34(5)18-16-27(24-9-11-25(12-10-24)32(39)40-8)33(3,4)29(34)17-19-36(30,35)7;7-6-3-5(4-9)1-2-8-6;/h9-12,16,18,24-25,31,33-35,37,46H,1,13-15,17,19-23,26H2,2-8H3;8-11,15,17,23-24,30,32-34,36,45H,1,12-14,16,18-22,25H2,2-7H3,(H,46,47);9-12,16,26,28-31H,1,13-15,17-22,38H2,2-8H3;1-4H;1H/t31-,33+,34-,35+,37+,40-,41+,42+,43-;30-,32+,33-,34+,36+,39-,40+,41+,42-;26-,28+,29-,30+,31+,34-,35+,36+,37-;;/m000../s1. The van der Waals surface area contributed by atoms with E-state index in [2.05, 4.69) is 212 Å². The predicted octanol–water partition coefficient (Wildman–Crippen LogP) is 30.6. The molecule has 0 unspecified atom stereocenters. The molecule has 0 radical (unpaired) electrons. The topological polar surface area (TPSA) is 196 Å². The maximum Gasteiger partial charge on any atom is 0.337 e. The Bertz CT molecular complexity index is 6040. The van der Waals surface area contributed by atoms with Crippen LogP contribution in [0.15, 0.2) is 182 Å². The van der Waals surface area contributed by atoms with Gasteiger partial charge in [-0.2, -0.15) is 13.2 Å². The molecule has 12 fully saturated rings. The molecule has 5 N–H and O–H groups in total. The van der Waals surface area contributed by atoms with Crippen molar-refractivity contribution in [3.8, 4) is 0 Å². The van der Waals surface area contributed by atoms with E-state index in [1.54, 1.807) is 36.7 Å². The van der Waals surface area contributed by atoms with Gasteiger partial charge in [0.25, 0.3) is 0 Å². The number of ether oxygens (including phenoxy) is 2. The van der Waals surface area contributed by atoms with Crippen molar-refractivity contribution in [1.82, 2.24) is 25.6 Å². The molecule has 145 heavy (non-hydrogen) atoms. The highest BCUT2D eigenvalue weighted by atomic mass is 35.5. The lowest BCUT2D eigenvalue weighted by atomic mass is 9.33. The van der Waals surface area contributed by atoms with E-state index in [4.69, 9.17) is 15.2 Å². The largest absolute Gasteiger partial charge is 0.478 e. The van der Waals surface area contributed by atoms with Gasteiger partial charge in [-0.05, 0) is 459 Å². The molecule has 15 aliphatic carbocycles. The van der Waals surface area contributed by atoms with Crippen LogP contribution in [0.25, 0.3) is 16.7 Å². The van der Waals surface area contributed by atoms with E-state index in [1.165, 1.54) is 231 Å². The molecule has 3 aromatic carbocycles. The number of aldehydes is 1. The number of halogens is 4. The number of carbonyl (C=O) groups is 4. The third-order valence-corrected chi connectivity index (χ3v) is 46.4. The van der Waals surface area contributed by atoms with E-state index in [0.29, 0.717) is 141 Å². The second kappa shape index (κ2) is 39.1. The minimum atomic E-state index is -0.872. The van der Waals surface area contributed by atoms with Crippen LogP contribution in [0.5, 0.6) is 0 Å². The first-order valence-corrected chi connectivity index (χ1v) is 55.3. The molecule has 0 bridgehead atoms. The molecular formula is C128H170ClF3N6O7. The number of methoxy groups -OCH3 is 2. The Labute approximate surface area is 872 Å². The number of benzene rings is 3. The normalized spacial score (nSPS) is 39.3. The number of carbonyl (C=O) groups excluding carboxylic acids is 3. The van der Waals surface area contributed by atoms with Crippen molar-refractivity contribution >= 4 is 53.3 Å². The number of esters is 2. The molecule has 3 heterocycles. The van der Waals surface area contributed by atoms with E-state index in [1.807, 2.05) is 48.5 Å². The van der Waals surface area contributed by atoms with Crippen molar-refractivity contribution in [2.24, 2.45) is 159 Å². The summed E-state index contributed by atoms with van der Waals surface area (Å²) in [6.07, 6.45) is 46.0. The molecule has 782 valence electrons. The van der Waals surface area contributed by atoms with Crippen molar-refractivity contribution < 1.29 is 46.9 Å². The average Bonchev–Trinajstić information content (AvgIpc) is 1.66. The maximum atomic E-state index is 14.0. The fourth-order valence-corrected chi connectivity index (χ4v) is 39.2. The maximum absolute atomic E-state index is 14.0. The summed E-state index contributed by atoms with van der Waals surface area (Å²) in [5, 5.41) is 17.6. The van der Waals surface area contributed by atoms with Crippen molar-refractivity contribution in [3.05, 3.63) is 250 Å². The number of aromatic nitrogens is 3. The van der Waals surface area contributed by atoms with Gasteiger partial charge in [0, 0.05) is 59.9 Å². The molecule has 13 nitrogen and oxygen atoms in total. The van der Waals surface area contributed by atoms with Crippen LogP contribution in [-0.2, 0) is 22.6 Å². The average molecular weight is 2000 g/mol. The zero-order valence-corrected chi connectivity index (χ0v) is 91.9. The second-order valence-electron chi connectivity index (χ2n) is 53.0. The molecule has 17 heteroatoms. The van der Waals surface area contributed by atoms with E-state index < -0.39 is 23.8 Å². The fourth-order valence-electron chi connectivity index (χ4n) is 39.2. The summed E-state index contributed by atoms with van der Waals surface area (Å²) < 4.78 is 50.0. The highest BCUT2D eigenvalue weighted by Gasteiger charge is 2.75. The molecule has 6 aromatic rings. The number of nitrogens with zero attached hydrogens (tertiary/aromatic N) is 3. The number of fused-ring (bicyclic) bond motifs is 21. The smallest absolute Gasteiger partial charge is 0.337 e. The van der Waals surface area contributed by atoms with Gasteiger partial charge in [0.2, 0.25) is 17.8 Å². The summed E-state index contributed by atoms with van der Waals surface area (Å²) in [4.78, 5) is 56.5. The second-order valence-corrected chi connectivity index (χ2v) is 53.0. The quantitative estimate of drug-likeness (QED) is 0.0310. The molecule has 3 aromatic heterocycles. The molecular weight excluding hydrogens is 1830 g/mol. The number of aromatic carboxylic acids is 1. The minimum Gasteiger partial charge on any atom is -0.478 e. The number of rotatable bonds is 16.